The molecule has 6 heteroatoms. The third kappa shape index (κ3) is 2.01. The Morgan fingerprint density at radius 2 is 2.20 bits per heavy atom. The number of hydrogen-bond acceptors (Lipinski definition) is 5. The van der Waals surface area contributed by atoms with Crippen LogP contribution in [0, 0.1) is 5.92 Å². The average molecular weight is 278 g/mol. The summed E-state index contributed by atoms with van der Waals surface area (Å²) in [6.45, 7) is 0.692. The molecule has 0 radical (unpaired) electrons. The molecule has 1 saturated carbocycles. The van der Waals surface area contributed by atoms with Crippen molar-refractivity contribution in [2.75, 3.05) is 6.61 Å². The molecule has 4 atom stereocenters. The molecular weight excluding hydrogens is 260 g/mol. The Balaban J connectivity index is 1.72. The van der Waals surface area contributed by atoms with E-state index < -0.39 is 11.7 Å². The minimum Gasteiger partial charge on any atom is -0.504 e. The lowest BCUT2D eigenvalue weighted by atomic mass is 9.68. The highest BCUT2D eigenvalue weighted by Crippen LogP contribution is 2.37. The molecule has 3 rings (SSSR count). The van der Waals surface area contributed by atoms with Crippen molar-refractivity contribution in [3.05, 3.63) is 23.8 Å². The van der Waals surface area contributed by atoms with Gasteiger partial charge in [-0.1, -0.05) is 6.07 Å². The van der Waals surface area contributed by atoms with Gasteiger partial charge >= 0.3 is 0 Å². The van der Waals surface area contributed by atoms with E-state index in [1.807, 2.05) is 0 Å². The van der Waals surface area contributed by atoms with Gasteiger partial charge in [0.05, 0.1) is 17.7 Å². The molecule has 1 amide bonds. The first kappa shape index (κ1) is 13.2. The summed E-state index contributed by atoms with van der Waals surface area (Å²) in [4.78, 5) is 12.1. The van der Waals surface area contributed by atoms with E-state index in [0.717, 1.165) is 12.8 Å². The summed E-state index contributed by atoms with van der Waals surface area (Å²) in [5.41, 5.74) is 6.10. The van der Waals surface area contributed by atoms with Crippen molar-refractivity contribution in [2.45, 2.75) is 31.0 Å². The molecule has 2 aliphatic rings. The van der Waals surface area contributed by atoms with Crippen LogP contribution in [0.2, 0.25) is 0 Å². The number of rotatable bonds is 2. The molecule has 0 bridgehead atoms. The van der Waals surface area contributed by atoms with E-state index in [2.05, 4.69) is 5.32 Å². The summed E-state index contributed by atoms with van der Waals surface area (Å²) in [6, 6.07) is 3.91. The maximum atomic E-state index is 12.1. The lowest BCUT2D eigenvalue weighted by molar-refractivity contribution is -0.117. The molecule has 20 heavy (non-hydrogen) atoms. The number of ether oxygens (including phenoxy) is 1. The largest absolute Gasteiger partial charge is 0.504 e. The van der Waals surface area contributed by atoms with Gasteiger partial charge in [0.15, 0.2) is 11.5 Å². The fourth-order valence-electron chi connectivity index (χ4n) is 3.07. The second-order valence-electron chi connectivity index (χ2n) is 5.39. The number of carbonyl (C=O) groups is 1. The van der Waals surface area contributed by atoms with Gasteiger partial charge in [0, 0.05) is 18.6 Å². The number of phenols is 2. The summed E-state index contributed by atoms with van der Waals surface area (Å²) in [6.07, 6.45) is 1.99. The molecule has 1 aromatic rings. The molecule has 1 heterocycles. The van der Waals surface area contributed by atoms with E-state index in [4.69, 9.17) is 10.5 Å². The summed E-state index contributed by atoms with van der Waals surface area (Å²) in [5.74, 6) is -0.889. The van der Waals surface area contributed by atoms with Crippen LogP contribution in [0.25, 0.3) is 0 Å². The third-order valence-corrected chi connectivity index (χ3v) is 4.23. The first-order chi connectivity index (χ1) is 9.59. The van der Waals surface area contributed by atoms with Gasteiger partial charge in [0.2, 0.25) is 0 Å². The maximum Gasteiger partial charge on any atom is 0.255 e. The molecule has 1 saturated heterocycles. The van der Waals surface area contributed by atoms with Crippen molar-refractivity contribution in [2.24, 2.45) is 11.7 Å². The van der Waals surface area contributed by atoms with Crippen LogP contribution in [0.3, 0.4) is 0 Å². The molecule has 4 unspecified atom stereocenters. The van der Waals surface area contributed by atoms with Crippen LogP contribution in [-0.4, -0.2) is 40.9 Å². The number of fused-ring (bicyclic) bond motifs is 1. The van der Waals surface area contributed by atoms with E-state index in [9.17, 15) is 15.0 Å². The summed E-state index contributed by atoms with van der Waals surface area (Å²) in [5, 5.41) is 21.9. The molecular formula is C14H18N2O4. The molecule has 0 aromatic heterocycles. The third-order valence-electron chi connectivity index (χ3n) is 4.23. The van der Waals surface area contributed by atoms with Crippen molar-refractivity contribution < 1.29 is 19.7 Å². The van der Waals surface area contributed by atoms with Crippen molar-refractivity contribution in [3.63, 3.8) is 0 Å². The minimum absolute atomic E-state index is 0.0384. The van der Waals surface area contributed by atoms with Gasteiger partial charge in [-0.25, -0.2) is 0 Å². The molecule has 6 nitrogen and oxygen atoms in total. The number of carbonyl (C=O) groups excluding carboxylic acids is 1. The second kappa shape index (κ2) is 4.96. The smallest absolute Gasteiger partial charge is 0.255 e. The molecule has 108 valence electrons. The highest BCUT2D eigenvalue weighted by atomic mass is 16.5. The number of benzene rings is 1. The number of nitrogens with two attached hydrogens (primary N) is 1. The van der Waals surface area contributed by atoms with E-state index in [1.54, 1.807) is 0 Å². The topological polar surface area (TPSA) is 105 Å². The highest BCUT2D eigenvalue weighted by molar-refractivity contribution is 5.97. The predicted octanol–water partition coefficient (Wildman–Crippen LogP) is 0.332. The van der Waals surface area contributed by atoms with Crippen LogP contribution < -0.4 is 11.1 Å². The van der Waals surface area contributed by atoms with Gasteiger partial charge < -0.3 is 26.0 Å². The van der Waals surface area contributed by atoms with Crippen LogP contribution in [0.15, 0.2) is 18.2 Å². The standard InChI is InChI=1S/C14H18N2O4/c15-10-7-4-2-6-20-13(7)11(10)16-14(19)8-3-1-5-9(17)12(8)18/h1,3,5,7,10-11,13,17-18H,2,4,6,15H2,(H,16,19). The second-order valence-corrected chi connectivity index (χ2v) is 5.39. The zero-order chi connectivity index (χ0) is 14.3. The number of phenolic OH excluding ortho intramolecular Hbond substituents is 2. The Morgan fingerprint density at radius 1 is 1.40 bits per heavy atom. The van der Waals surface area contributed by atoms with Crippen molar-refractivity contribution in [3.8, 4) is 11.5 Å². The number of aromatic hydroxyl groups is 2. The first-order valence-corrected chi connectivity index (χ1v) is 6.78. The lowest BCUT2D eigenvalue weighted by Gasteiger charge is -2.52. The fourth-order valence-corrected chi connectivity index (χ4v) is 3.07. The summed E-state index contributed by atoms with van der Waals surface area (Å²) < 4.78 is 5.64. The van der Waals surface area contributed by atoms with E-state index in [-0.39, 0.29) is 29.5 Å². The van der Waals surface area contributed by atoms with E-state index >= 15 is 0 Å². The SMILES string of the molecule is NC1C2CCCOC2C1NC(=O)c1cccc(O)c1O. The van der Waals surface area contributed by atoms with Gasteiger partial charge in [-0.2, -0.15) is 0 Å². The lowest BCUT2D eigenvalue weighted by Crippen LogP contribution is -2.72. The van der Waals surface area contributed by atoms with Crippen LogP contribution >= 0.6 is 0 Å². The Hall–Kier alpha value is -1.79. The number of nitrogens with one attached hydrogen (secondary N) is 1. The predicted molar refractivity (Wildman–Crippen MR) is 71.5 cm³/mol. The van der Waals surface area contributed by atoms with Gasteiger partial charge in [0.25, 0.3) is 5.91 Å². The molecule has 5 N–H and O–H groups in total. The van der Waals surface area contributed by atoms with Gasteiger partial charge in [0.1, 0.15) is 0 Å². The van der Waals surface area contributed by atoms with E-state index in [1.165, 1.54) is 18.2 Å². The van der Waals surface area contributed by atoms with Gasteiger partial charge in [-0.15, -0.1) is 0 Å². The number of para-hydroxylation sites is 1. The van der Waals surface area contributed by atoms with Crippen LogP contribution in [0.1, 0.15) is 23.2 Å². The Morgan fingerprint density at radius 3 is 3.00 bits per heavy atom. The van der Waals surface area contributed by atoms with Crippen LogP contribution in [-0.2, 0) is 4.74 Å². The molecule has 0 spiro atoms. The fraction of sp³-hybridized carbons (Fsp3) is 0.500. The molecule has 2 fully saturated rings. The molecule has 1 aliphatic heterocycles. The van der Waals surface area contributed by atoms with Crippen molar-refractivity contribution in [1.29, 1.82) is 0 Å². The van der Waals surface area contributed by atoms with Crippen LogP contribution in [0.4, 0.5) is 0 Å². The van der Waals surface area contributed by atoms with Gasteiger partial charge in [-0.3, -0.25) is 4.79 Å². The minimum atomic E-state index is -0.452. The normalized spacial score (nSPS) is 32.0. The Labute approximate surface area is 116 Å². The Kier molecular flexibility index (Phi) is 3.27. The molecule has 1 aliphatic carbocycles. The number of amides is 1. The zero-order valence-electron chi connectivity index (χ0n) is 11.0. The highest BCUT2D eigenvalue weighted by Gasteiger charge is 2.51. The van der Waals surface area contributed by atoms with E-state index in [0.29, 0.717) is 12.5 Å². The van der Waals surface area contributed by atoms with Crippen LogP contribution in [0.5, 0.6) is 11.5 Å². The van der Waals surface area contributed by atoms with Crippen molar-refractivity contribution in [1.82, 2.24) is 5.32 Å². The average Bonchev–Trinajstić information content (AvgIpc) is 2.47. The quantitative estimate of drug-likeness (QED) is 0.584. The van der Waals surface area contributed by atoms with Crippen molar-refractivity contribution >= 4 is 5.91 Å². The zero-order valence-corrected chi connectivity index (χ0v) is 11.0. The summed E-state index contributed by atoms with van der Waals surface area (Å²) >= 11 is 0. The number of hydrogen-bond donors (Lipinski definition) is 4. The van der Waals surface area contributed by atoms with Gasteiger partial charge in [-0.05, 0) is 25.0 Å². The monoisotopic (exact) mass is 278 g/mol. The first-order valence-electron chi connectivity index (χ1n) is 6.78. The summed E-state index contributed by atoms with van der Waals surface area (Å²) in [7, 11) is 0. The Bertz CT molecular complexity index is 534. The maximum absolute atomic E-state index is 12.1. The molecule has 1 aromatic carbocycles.